The van der Waals surface area contributed by atoms with Gasteiger partial charge in [0.15, 0.2) is 0 Å². The second-order valence-electron chi connectivity index (χ2n) is 6.78. The molecule has 1 amide bonds. The van der Waals surface area contributed by atoms with Crippen LogP contribution in [0.3, 0.4) is 0 Å². The third kappa shape index (κ3) is 4.81. The molecule has 0 spiro atoms. The lowest BCUT2D eigenvalue weighted by atomic mass is 10.0. The number of phenolic OH excluding ortho intramolecular Hbond substituents is 1. The van der Waals surface area contributed by atoms with E-state index < -0.39 is 5.91 Å². The van der Waals surface area contributed by atoms with E-state index in [1.54, 1.807) is 18.2 Å². The molecule has 2 aromatic carbocycles. The van der Waals surface area contributed by atoms with E-state index in [1.165, 1.54) is 12.5 Å². The average molecular weight is 443 g/mol. The number of hydrogen-bond donors (Lipinski definition) is 3. The van der Waals surface area contributed by atoms with Crippen molar-refractivity contribution in [1.82, 2.24) is 0 Å². The number of carbonyl (C=O) groups is 1. The Morgan fingerprint density at radius 3 is 2.61 bits per heavy atom. The molecule has 0 saturated heterocycles. The third-order valence-corrected chi connectivity index (χ3v) is 5.14. The first-order valence-electron chi connectivity index (χ1n) is 9.39. The van der Waals surface area contributed by atoms with Gasteiger partial charge in [0.05, 0.1) is 0 Å². The maximum atomic E-state index is 12.6. The van der Waals surface area contributed by atoms with Crippen molar-refractivity contribution >= 4 is 38.5 Å². The van der Waals surface area contributed by atoms with Crippen molar-refractivity contribution in [1.29, 1.82) is 5.41 Å². The fourth-order valence-electron chi connectivity index (χ4n) is 3.06. The minimum Gasteiger partial charge on any atom is -0.508 e. The molecule has 0 unspecified atom stereocenters. The van der Waals surface area contributed by atoms with Crippen molar-refractivity contribution in [3.05, 3.63) is 63.6 Å². The van der Waals surface area contributed by atoms with Crippen molar-refractivity contribution in [2.45, 2.75) is 39.0 Å². The smallest absolute Gasteiger partial charge is 0.261 e. The number of unbranched alkanes of at least 4 members (excludes halogenated alkanes) is 3. The zero-order valence-corrected chi connectivity index (χ0v) is 17.3. The summed E-state index contributed by atoms with van der Waals surface area (Å²) in [6, 6.07) is 12.2. The molecule has 3 aromatic rings. The van der Waals surface area contributed by atoms with Crippen molar-refractivity contribution in [3.63, 3.8) is 0 Å². The molecule has 0 bridgehead atoms. The fourth-order valence-corrected chi connectivity index (χ4v) is 3.33. The first-order chi connectivity index (χ1) is 13.5. The maximum absolute atomic E-state index is 12.6. The summed E-state index contributed by atoms with van der Waals surface area (Å²) in [5, 5.41) is 21.8. The highest BCUT2D eigenvalue weighted by Gasteiger charge is 2.14. The van der Waals surface area contributed by atoms with E-state index in [0.29, 0.717) is 16.7 Å². The first kappa shape index (κ1) is 20.1. The number of amides is 1. The molecule has 0 fully saturated rings. The van der Waals surface area contributed by atoms with Crippen LogP contribution < -0.4 is 10.9 Å². The van der Waals surface area contributed by atoms with Gasteiger partial charge in [-0.25, -0.2) is 0 Å². The van der Waals surface area contributed by atoms with Crippen LogP contribution in [0, 0.1) is 5.41 Å². The Labute approximate surface area is 172 Å². The summed E-state index contributed by atoms with van der Waals surface area (Å²) in [6.45, 7) is 2.16. The van der Waals surface area contributed by atoms with Gasteiger partial charge in [0.1, 0.15) is 16.9 Å². The Kier molecular flexibility index (Phi) is 6.52. The standard InChI is InChI=1S/C22H23BrN2O3/c1-2-3-4-5-6-14-11-15-12-18(21(24)28-20(15)13-19(14)26)22(27)25-17-9-7-16(23)8-10-17/h7-13,24,26H,2-6H2,1H3,(H,25,27). The highest BCUT2D eigenvalue weighted by molar-refractivity contribution is 9.10. The van der Waals surface area contributed by atoms with E-state index in [1.807, 2.05) is 18.2 Å². The molecule has 1 aromatic heterocycles. The molecule has 5 nitrogen and oxygen atoms in total. The van der Waals surface area contributed by atoms with Gasteiger partial charge in [-0.1, -0.05) is 42.1 Å². The number of benzene rings is 2. The highest BCUT2D eigenvalue weighted by Crippen LogP contribution is 2.26. The number of aromatic hydroxyl groups is 1. The van der Waals surface area contributed by atoms with Crippen LogP contribution in [-0.2, 0) is 6.42 Å². The molecule has 146 valence electrons. The molecule has 1 heterocycles. The van der Waals surface area contributed by atoms with E-state index in [-0.39, 0.29) is 16.9 Å². The van der Waals surface area contributed by atoms with Crippen LogP contribution in [-0.4, -0.2) is 11.0 Å². The Bertz CT molecular complexity index is 1040. The van der Waals surface area contributed by atoms with Crippen molar-refractivity contribution < 1.29 is 14.3 Å². The van der Waals surface area contributed by atoms with Gasteiger partial charge in [0, 0.05) is 21.6 Å². The topological polar surface area (TPSA) is 86.3 Å². The molecule has 28 heavy (non-hydrogen) atoms. The van der Waals surface area contributed by atoms with E-state index in [0.717, 1.165) is 35.7 Å². The van der Waals surface area contributed by atoms with Gasteiger partial charge in [-0.05, 0) is 54.8 Å². The molecule has 3 N–H and O–H groups in total. The predicted molar refractivity (Wildman–Crippen MR) is 114 cm³/mol. The van der Waals surface area contributed by atoms with Gasteiger partial charge in [-0.2, -0.15) is 0 Å². The fraction of sp³-hybridized carbons (Fsp3) is 0.273. The zero-order valence-electron chi connectivity index (χ0n) is 15.7. The van der Waals surface area contributed by atoms with Gasteiger partial charge >= 0.3 is 0 Å². The summed E-state index contributed by atoms with van der Waals surface area (Å²) in [7, 11) is 0. The number of rotatable bonds is 7. The van der Waals surface area contributed by atoms with Crippen LogP contribution in [0.25, 0.3) is 11.0 Å². The van der Waals surface area contributed by atoms with Gasteiger partial charge < -0.3 is 14.8 Å². The van der Waals surface area contributed by atoms with Crippen molar-refractivity contribution in [2.75, 3.05) is 5.32 Å². The van der Waals surface area contributed by atoms with Gasteiger partial charge in [-0.15, -0.1) is 0 Å². The summed E-state index contributed by atoms with van der Waals surface area (Å²) < 4.78 is 6.40. The Balaban J connectivity index is 1.87. The van der Waals surface area contributed by atoms with Crippen LogP contribution in [0.5, 0.6) is 5.75 Å². The summed E-state index contributed by atoms with van der Waals surface area (Å²) >= 11 is 3.36. The predicted octanol–water partition coefficient (Wildman–Crippen LogP) is 5.76. The first-order valence-corrected chi connectivity index (χ1v) is 10.2. The Morgan fingerprint density at radius 1 is 1.14 bits per heavy atom. The lowest BCUT2D eigenvalue weighted by Crippen LogP contribution is -2.20. The number of hydrogen-bond acceptors (Lipinski definition) is 4. The van der Waals surface area contributed by atoms with Gasteiger partial charge in [-0.3, -0.25) is 10.2 Å². The monoisotopic (exact) mass is 442 g/mol. The molecule has 0 aliphatic heterocycles. The molecular weight excluding hydrogens is 420 g/mol. The maximum Gasteiger partial charge on any atom is 0.261 e. The normalized spacial score (nSPS) is 10.9. The lowest BCUT2D eigenvalue weighted by Gasteiger charge is -2.09. The molecule has 0 radical (unpaired) electrons. The number of carbonyl (C=O) groups excluding carboxylic acids is 1. The number of halogens is 1. The van der Waals surface area contributed by atoms with Crippen LogP contribution in [0.4, 0.5) is 5.69 Å². The molecular formula is C22H23BrN2O3. The van der Waals surface area contributed by atoms with Gasteiger partial charge in [0.25, 0.3) is 5.91 Å². The number of phenols is 1. The summed E-state index contributed by atoms with van der Waals surface area (Å²) in [5.41, 5.74) is 1.76. The zero-order chi connectivity index (χ0) is 20.1. The molecule has 3 rings (SSSR count). The van der Waals surface area contributed by atoms with Crippen LogP contribution in [0.1, 0.15) is 48.5 Å². The average Bonchev–Trinajstić information content (AvgIpc) is 2.67. The van der Waals surface area contributed by atoms with Crippen LogP contribution in [0.2, 0.25) is 0 Å². The SMILES string of the molecule is CCCCCCc1cc2cc(C(=O)Nc3ccc(Br)cc3)c(=N)oc2cc1O. The molecule has 0 aliphatic carbocycles. The number of aryl methyl sites for hydroxylation is 1. The Hall–Kier alpha value is -2.60. The van der Waals surface area contributed by atoms with Gasteiger partial charge in [0.2, 0.25) is 5.55 Å². The number of fused-ring (bicyclic) bond motifs is 1. The van der Waals surface area contributed by atoms with E-state index >= 15 is 0 Å². The van der Waals surface area contributed by atoms with E-state index in [4.69, 9.17) is 9.83 Å². The molecule has 0 atom stereocenters. The summed E-state index contributed by atoms with van der Waals surface area (Å²) in [5.74, 6) is -0.241. The lowest BCUT2D eigenvalue weighted by molar-refractivity contribution is 0.102. The molecule has 0 aliphatic rings. The minimum absolute atomic E-state index is 0.151. The molecule has 0 saturated carbocycles. The van der Waals surface area contributed by atoms with Crippen LogP contribution in [0.15, 0.2) is 51.4 Å². The Morgan fingerprint density at radius 2 is 1.89 bits per heavy atom. The van der Waals surface area contributed by atoms with Crippen LogP contribution >= 0.6 is 15.9 Å². The van der Waals surface area contributed by atoms with Crippen molar-refractivity contribution in [3.8, 4) is 5.75 Å². The second kappa shape index (κ2) is 9.06. The summed E-state index contributed by atoms with van der Waals surface area (Å²) in [6.07, 6.45) is 5.21. The van der Waals surface area contributed by atoms with E-state index in [9.17, 15) is 9.90 Å². The van der Waals surface area contributed by atoms with E-state index in [2.05, 4.69) is 28.2 Å². The quantitative estimate of drug-likeness (QED) is 0.406. The highest BCUT2D eigenvalue weighted by atomic mass is 79.9. The largest absolute Gasteiger partial charge is 0.508 e. The minimum atomic E-state index is -0.407. The molecule has 6 heteroatoms. The number of nitrogens with one attached hydrogen (secondary N) is 2. The van der Waals surface area contributed by atoms with Crippen molar-refractivity contribution in [2.24, 2.45) is 0 Å². The second-order valence-corrected chi connectivity index (χ2v) is 7.70. The number of anilines is 1. The summed E-state index contributed by atoms with van der Waals surface area (Å²) in [4.78, 5) is 12.6. The third-order valence-electron chi connectivity index (χ3n) is 4.61.